The van der Waals surface area contributed by atoms with Crippen molar-refractivity contribution in [3.05, 3.63) is 77.6 Å². The number of aromatic nitrogens is 2. The van der Waals surface area contributed by atoms with Crippen LogP contribution < -0.4 is 4.74 Å². The third-order valence-electron chi connectivity index (χ3n) is 8.68. The first-order valence-electron chi connectivity index (χ1n) is 15.1. The summed E-state index contributed by atoms with van der Waals surface area (Å²) in [5.41, 5.74) is 6.22. The van der Waals surface area contributed by atoms with Gasteiger partial charge in [-0.3, -0.25) is 9.69 Å². The number of piperazine rings is 1. The second kappa shape index (κ2) is 12.9. The minimum Gasteiger partial charge on any atom is -0.494 e. The van der Waals surface area contributed by atoms with E-state index in [1.54, 1.807) is 7.11 Å². The van der Waals surface area contributed by atoms with Crippen LogP contribution in [0, 0.1) is 5.92 Å². The highest BCUT2D eigenvalue weighted by Gasteiger charge is 2.32. The van der Waals surface area contributed by atoms with Gasteiger partial charge in [-0.1, -0.05) is 42.3 Å². The molecule has 1 aliphatic heterocycles. The van der Waals surface area contributed by atoms with Crippen molar-refractivity contribution < 1.29 is 14.3 Å². The van der Waals surface area contributed by atoms with Gasteiger partial charge in [0.15, 0.2) is 0 Å². The maximum atomic E-state index is 13.3. The molecular weight excluding hydrogens is 548 g/mol. The number of amides is 1. The number of nitrogens with zero attached hydrogens (tertiary/aromatic N) is 4. The van der Waals surface area contributed by atoms with E-state index in [1.165, 1.54) is 0 Å². The van der Waals surface area contributed by atoms with Crippen molar-refractivity contribution >= 4 is 23.2 Å². The molecule has 0 radical (unpaired) electrons. The van der Waals surface area contributed by atoms with Crippen LogP contribution in [-0.2, 0) is 16.1 Å². The Kier molecular flexibility index (Phi) is 8.79. The van der Waals surface area contributed by atoms with E-state index >= 15 is 0 Å². The number of methoxy groups -OCH3 is 1. The number of carbonyl (C=O) groups excluding carboxylic acids is 1. The minimum absolute atomic E-state index is 0.0881. The molecule has 0 spiro atoms. The zero-order valence-electron chi connectivity index (χ0n) is 24.5. The van der Waals surface area contributed by atoms with E-state index in [0.29, 0.717) is 17.5 Å². The normalized spacial score (nSPS) is 19.7. The quantitative estimate of drug-likeness (QED) is 0.234. The van der Waals surface area contributed by atoms with Crippen molar-refractivity contribution in [3.8, 4) is 28.1 Å². The number of ether oxygens (including phenoxy) is 2. The Balaban J connectivity index is 1.26. The Morgan fingerprint density at radius 2 is 1.76 bits per heavy atom. The van der Waals surface area contributed by atoms with Crippen LogP contribution >= 0.6 is 11.6 Å². The molecule has 2 atom stereocenters. The Morgan fingerprint density at radius 1 is 0.976 bits per heavy atom. The summed E-state index contributed by atoms with van der Waals surface area (Å²) in [6.07, 6.45) is 6.33. The summed E-state index contributed by atoms with van der Waals surface area (Å²) in [6, 6.07) is 20.3. The standard InChI is InChI=1S/C34H39ClN4O3/c1-3-42-30-9-4-6-25(20-30)27-12-15-32-36-33(24-10-13-28(35)14-11-24)31(39(32)22-27)23-37-16-18-38(19-17-37)34(40)26-7-5-8-29(21-26)41-2/h4,6,9-15,20,22,26,29H,3,5,7-8,16-19,21,23H2,1-2H3/t26-,29+/m1/s1. The molecule has 1 aliphatic carbocycles. The van der Waals surface area contributed by atoms with E-state index in [0.717, 1.165) is 97.9 Å². The molecule has 7 nitrogen and oxygen atoms in total. The molecule has 3 heterocycles. The number of fused-ring (bicyclic) bond motifs is 1. The van der Waals surface area contributed by atoms with E-state index in [-0.39, 0.29) is 12.0 Å². The van der Waals surface area contributed by atoms with Gasteiger partial charge in [-0.2, -0.15) is 0 Å². The maximum absolute atomic E-state index is 13.3. The summed E-state index contributed by atoms with van der Waals surface area (Å²) in [5, 5.41) is 0.705. The molecule has 0 bridgehead atoms. The van der Waals surface area contributed by atoms with Gasteiger partial charge in [0.2, 0.25) is 5.91 Å². The van der Waals surface area contributed by atoms with Gasteiger partial charge in [0.05, 0.1) is 24.1 Å². The average Bonchev–Trinajstić information content (AvgIpc) is 3.39. The summed E-state index contributed by atoms with van der Waals surface area (Å²) in [7, 11) is 1.76. The van der Waals surface area contributed by atoms with Gasteiger partial charge < -0.3 is 18.8 Å². The second-order valence-electron chi connectivity index (χ2n) is 11.3. The summed E-state index contributed by atoms with van der Waals surface area (Å²) in [6.45, 7) is 6.51. The lowest BCUT2D eigenvalue weighted by Gasteiger charge is -2.38. The molecule has 2 fully saturated rings. The van der Waals surface area contributed by atoms with Gasteiger partial charge in [0, 0.05) is 62.5 Å². The van der Waals surface area contributed by atoms with Gasteiger partial charge in [-0.15, -0.1) is 0 Å². The van der Waals surface area contributed by atoms with E-state index in [1.807, 2.05) is 43.3 Å². The van der Waals surface area contributed by atoms with Crippen molar-refractivity contribution in [3.63, 3.8) is 0 Å². The molecule has 2 aliphatic rings. The molecule has 0 unspecified atom stereocenters. The van der Waals surface area contributed by atoms with Gasteiger partial charge >= 0.3 is 0 Å². The van der Waals surface area contributed by atoms with Crippen molar-refractivity contribution in [1.82, 2.24) is 19.2 Å². The Labute approximate surface area is 253 Å². The highest BCUT2D eigenvalue weighted by molar-refractivity contribution is 6.30. The van der Waals surface area contributed by atoms with Gasteiger partial charge in [0.25, 0.3) is 0 Å². The number of benzene rings is 2. The van der Waals surface area contributed by atoms with Crippen molar-refractivity contribution in [2.45, 2.75) is 45.3 Å². The Hall–Kier alpha value is -3.39. The number of imidazole rings is 1. The molecule has 4 aromatic rings. The van der Waals surface area contributed by atoms with Crippen molar-refractivity contribution in [2.24, 2.45) is 5.92 Å². The molecule has 2 aromatic carbocycles. The van der Waals surface area contributed by atoms with E-state index in [4.69, 9.17) is 26.1 Å². The molecule has 220 valence electrons. The van der Waals surface area contributed by atoms with Crippen LogP contribution in [0.2, 0.25) is 5.02 Å². The van der Waals surface area contributed by atoms with E-state index in [2.05, 4.69) is 44.7 Å². The first kappa shape index (κ1) is 28.7. The third kappa shape index (κ3) is 6.19. The molecule has 1 saturated carbocycles. The lowest BCUT2D eigenvalue weighted by atomic mass is 9.86. The number of pyridine rings is 1. The zero-order valence-corrected chi connectivity index (χ0v) is 25.2. The minimum atomic E-state index is 0.0881. The highest BCUT2D eigenvalue weighted by Crippen LogP contribution is 2.31. The molecule has 8 heteroatoms. The van der Waals surface area contributed by atoms with Crippen molar-refractivity contribution in [1.29, 1.82) is 0 Å². The monoisotopic (exact) mass is 586 g/mol. The van der Waals surface area contributed by atoms with Crippen molar-refractivity contribution in [2.75, 3.05) is 39.9 Å². The smallest absolute Gasteiger partial charge is 0.225 e. The van der Waals surface area contributed by atoms with Crippen LogP contribution in [-0.4, -0.2) is 71.1 Å². The molecule has 42 heavy (non-hydrogen) atoms. The Bertz CT molecular complexity index is 1530. The SMILES string of the molecule is CCOc1cccc(-c2ccc3nc(-c4ccc(Cl)cc4)c(CN4CCN(C(=O)[C@@H]5CCC[C@H](OC)C5)CC4)n3c2)c1. The molecule has 2 aromatic heterocycles. The molecular formula is C34H39ClN4O3. The average molecular weight is 587 g/mol. The number of halogens is 1. The van der Waals surface area contributed by atoms with Gasteiger partial charge in [-0.05, 0) is 73.7 Å². The predicted octanol–water partition coefficient (Wildman–Crippen LogP) is 6.57. The first-order chi connectivity index (χ1) is 20.5. The molecule has 6 rings (SSSR count). The molecule has 0 N–H and O–H groups in total. The van der Waals surface area contributed by atoms with Crippen LogP contribution in [0.3, 0.4) is 0 Å². The van der Waals surface area contributed by atoms with Crippen LogP contribution in [0.4, 0.5) is 0 Å². The summed E-state index contributed by atoms with van der Waals surface area (Å²) >= 11 is 6.23. The lowest BCUT2D eigenvalue weighted by Crippen LogP contribution is -2.50. The zero-order chi connectivity index (χ0) is 29.1. The largest absolute Gasteiger partial charge is 0.494 e. The fraction of sp³-hybridized carbons (Fsp3) is 0.412. The van der Waals surface area contributed by atoms with E-state index in [9.17, 15) is 4.79 Å². The fourth-order valence-corrected chi connectivity index (χ4v) is 6.49. The number of carbonyl (C=O) groups is 1. The Morgan fingerprint density at radius 3 is 2.52 bits per heavy atom. The third-order valence-corrected chi connectivity index (χ3v) is 8.93. The maximum Gasteiger partial charge on any atom is 0.225 e. The summed E-state index contributed by atoms with van der Waals surface area (Å²) < 4.78 is 13.6. The highest BCUT2D eigenvalue weighted by atomic mass is 35.5. The fourth-order valence-electron chi connectivity index (χ4n) is 6.37. The first-order valence-corrected chi connectivity index (χ1v) is 15.4. The van der Waals surface area contributed by atoms with Crippen LogP contribution in [0.25, 0.3) is 28.0 Å². The predicted molar refractivity (Wildman–Crippen MR) is 167 cm³/mol. The summed E-state index contributed by atoms with van der Waals surface area (Å²) in [4.78, 5) is 22.9. The van der Waals surface area contributed by atoms with Crippen LogP contribution in [0.1, 0.15) is 38.3 Å². The number of rotatable bonds is 8. The topological polar surface area (TPSA) is 59.3 Å². The lowest BCUT2D eigenvalue weighted by molar-refractivity contribution is -0.140. The molecule has 1 saturated heterocycles. The number of hydrogen-bond acceptors (Lipinski definition) is 5. The van der Waals surface area contributed by atoms with Crippen LogP contribution in [0.5, 0.6) is 5.75 Å². The number of hydrogen-bond donors (Lipinski definition) is 0. The summed E-state index contributed by atoms with van der Waals surface area (Å²) in [5.74, 6) is 1.25. The van der Waals surface area contributed by atoms with E-state index < -0.39 is 0 Å². The van der Waals surface area contributed by atoms with Gasteiger partial charge in [0.1, 0.15) is 11.4 Å². The second-order valence-corrected chi connectivity index (χ2v) is 11.8. The van der Waals surface area contributed by atoms with Gasteiger partial charge in [-0.25, -0.2) is 4.98 Å². The van der Waals surface area contributed by atoms with Crippen LogP contribution in [0.15, 0.2) is 66.9 Å². The molecule has 1 amide bonds.